The van der Waals surface area contributed by atoms with Crippen LogP contribution in [0, 0.1) is 23.7 Å². The number of carbonyl (C=O) groups excluding carboxylic acids is 3. The second-order valence-electron chi connectivity index (χ2n) is 17.0. The van der Waals surface area contributed by atoms with Crippen LogP contribution in [0.4, 0.5) is 9.59 Å². The SMILES string of the molecule is COC(=O)N[C@H](C(=O)N1C[C@@H](C)C[C@H]1c1nc(Cl)c(-c2ccc(-c3ccc4cc(-c5c[nH]c([C@@H]6C[C@H](C)CN6C(=O)[C@@H](NC(=O)O)C(C)C)n5)ccc4c3)cc2)[nH]1)C(C)C. The van der Waals surface area contributed by atoms with Crippen molar-refractivity contribution in [1.29, 1.82) is 0 Å². The van der Waals surface area contributed by atoms with Crippen LogP contribution in [0.3, 0.4) is 0 Å². The number of hydrogen-bond donors (Lipinski definition) is 5. The highest BCUT2D eigenvalue weighted by Gasteiger charge is 2.42. The minimum atomic E-state index is -1.22. The Balaban J connectivity index is 1.06. The van der Waals surface area contributed by atoms with Crippen LogP contribution in [0.2, 0.25) is 5.15 Å². The van der Waals surface area contributed by atoms with Crippen molar-refractivity contribution in [1.82, 2.24) is 40.4 Å². The molecule has 7 rings (SSSR count). The van der Waals surface area contributed by atoms with E-state index in [1.807, 2.05) is 64.2 Å². The molecule has 2 aliphatic heterocycles. The first kappa shape index (κ1) is 42.2. The number of fused-ring (bicyclic) bond motifs is 1. The average Bonchev–Trinajstić information content (AvgIpc) is 4.04. The highest BCUT2D eigenvalue weighted by molar-refractivity contribution is 6.32. The molecule has 0 unspecified atom stereocenters. The summed E-state index contributed by atoms with van der Waals surface area (Å²) in [6, 6.07) is 18.5. The van der Waals surface area contributed by atoms with Crippen LogP contribution in [-0.2, 0) is 14.3 Å². The number of halogens is 1. The first-order valence-corrected chi connectivity index (χ1v) is 20.9. The lowest BCUT2D eigenvalue weighted by atomic mass is 9.98. The molecule has 2 fully saturated rings. The standard InChI is InChI=1S/C45H53ClN8O6/c1-23(2)36(50-44(57)58)42(55)53-21-25(5)16-34(53)40-47-20-33(48-40)32-15-14-30-18-29(12-13-31(30)19-32)27-8-10-28(11-9-27)38-39(46)52-41(49-38)35-17-26(6)22-54(35)43(56)37(24(3)4)51-45(59)60-7/h8-15,18-20,23-26,34-37,50H,16-17,21-22H2,1-7H3,(H,47,48)(H,49,52)(H,51,59)(H,57,58)/t25-,26-,34-,35-,36-,37-/m0/s1. The van der Waals surface area contributed by atoms with Gasteiger partial charge in [-0.15, -0.1) is 0 Å². The van der Waals surface area contributed by atoms with E-state index < -0.39 is 24.3 Å². The first-order chi connectivity index (χ1) is 28.6. The largest absolute Gasteiger partial charge is 0.465 e. The van der Waals surface area contributed by atoms with Crippen LogP contribution >= 0.6 is 11.6 Å². The molecule has 0 aliphatic carbocycles. The van der Waals surface area contributed by atoms with Gasteiger partial charge in [0.05, 0.1) is 30.6 Å². The van der Waals surface area contributed by atoms with Gasteiger partial charge < -0.3 is 40.2 Å². The van der Waals surface area contributed by atoms with Crippen molar-refractivity contribution in [3.63, 3.8) is 0 Å². The van der Waals surface area contributed by atoms with Gasteiger partial charge in [0, 0.05) is 30.4 Å². The van der Waals surface area contributed by atoms with Crippen LogP contribution in [0.15, 0.2) is 66.9 Å². The van der Waals surface area contributed by atoms with Crippen LogP contribution in [0.25, 0.3) is 44.4 Å². The number of hydrogen-bond acceptors (Lipinski definition) is 7. The maximum Gasteiger partial charge on any atom is 0.407 e. The number of rotatable bonds is 11. The number of H-pyrrole nitrogens is 2. The number of ether oxygens (including phenoxy) is 1. The number of amides is 4. The van der Waals surface area contributed by atoms with Gasteiger partial charge in [-0.25, -0.2) is 19.6 Å². The number of alkyl carbamates (subject to hydrolysis) is 1. The lowest BCUT2D eigenvalue weighted by Gasteiger charge is -2.30. The minimum Gasteiger partial charge on any atom is -0.465 e. The van der Waals surface area contributed by atoms with Gasteiger partial charge in [-0.05, 0) is 70.5 Å². The Hall–Kier alpha value is -5.89. The van der Waals surface area contributed by atoms with Crippen LogP contribution < -0.4 is 10.6 Å². The van der Waals surface area contributed by atoms with E-state index in [1.54, 1.807) is 9.80 Å². The Labute approximate surface area is 354 Å². The molecule has 15 heteroatoms. The summed E-state index contributed by atoms with van der Waals surface area (Å²) in [6.07, 6.45) is 1.43. The Morgan fingerprint density at radius 3 is 1.83 bits per heavy atom. The number of nitrogens with zero attached hydrogens (tertiary/aromatic N) is 4. The third kappa shape index (κ3) is 8.70. The van der Waals surface area contributed by atoms with Gasteiger partial charge in [0.1, 0.15) is 23.7 Å². The van der Waals surface area contributed by atoms with Gasteiger partial charge in [-0.2, -0.15) is 0 Å². The number of methoxy groups -OCH3 is 1. The molecule has 14 nitrogen and oxygen atoms in total. The molecule has 2 aromatic heterocycles. The van der Waals surface area contributed by atoms with E-state index in [4.69, 9.17) is 21.3 Å². The molecule has 3 aromatic carbocycles. The van der Waals surface area contributed by atoms with Crippen molar-refractivity contribution in [2.45, 2.75) is 78.6 Å². The number of imidazole rings is 2. The summed E-state index contributed by atoms with van der Waals surface area (Å²) in [5.41, 5.74) is 5.31. The normalized spacial score (nSPS) is 20.2. The van der Waals surface area contributed by atoms with Crippen LogP contribution in [0.1, 0.15) is 78.1 Å². The fourth-order valence-electron chi connectivity index (χ4n) is 8.59. The molecule has 0 radical (unpaired) electrons. The van der Waals surface area contributed by atoms with Crippen molar-refractivity contribution in [3.8, 4) is 33.6 Å². The summed E-state index contributed by atoms with van der Waals surface area (Å²) in [5.74, 6) is 0.989. The molecule has 2 saturated heterocycles. The smallest absolute Gasteiger partial charge is 0.407 e. The second-order valence-corrected chi connectivity index (χ2v) is 17.4. The van der Waals surface area contributed by atoms with Gasteiger partial charge in [0.25, 0.3) is 0 Å². The highest BCUT2D eigenvalue weighted by atomic mass is 35.5. The minimum absolute atomic E-state index is 0.145. The maximum absolute atomic E-state index is 13.8. The zero-order valence-corrected chi connectivity index (χ0v) is 35.7. The monoisotopic (exact) mass is 836 g/mol. The third-order valence-corrected chi connectivity index (χ3v) is 12.0. The number of aromatic amines is 2. The average molecular weight is 837 g/mol. The van der Waals surface area contributed by atoms with E-state index in [2.05, 4.69) is 69.8 Å². The van der Waals surface area contributed by atoms with Gasteiger partial charge in [0.2, 0.25) is 11.8 Å². The number of carboxylic acid groups (broad SMARTS) is 1. The van der Waals surface area contributed by atoms with E-state index in [-0.39, 0.29) is 47.6 Å². The topological polar surface area (TPSA) is 186 Å². The second kappa shape index (κ2) is 17.4. The van der Waals surface area contributed by atoms with Crippen molar-refractivity contribution in [2.75, 3.05) is 20.2 Å². The first-order valence-electron chi connectivity index (χ1n) is 20.5. The van der Waals surface area contributed by atoms with Crippen molar-refractivity contribution >= 4 is 46.4 Å². The summed E-state index contributed by atoms with van der Waals surface area (Å²) >= 11 is 6.74. The third-order valence-electron chi connectivity index (χ3n) is 11.7. The van der Waals surface area contributed by atoms with Crippen molar-refractivity contribution in [2.24, 2.45) is 23.7 Å². The Kier molecular flexibility index (Phi) is 12.2. The van der Waals surface area contributed by atoms with Gasteiger partial charge >= 0.3 is 12.2 Å². The summed E-state index contributed by atoms with van der Waals surface area (Å²) in [5, 5.41) is 16.9. The lowest BCUT2D eigenvalue weighted by Crippen LogP contribution is -2.51. The molecule has 4 heterocycles. The molecule has 0 bridgehead atoms. The predicted octanol–water partition coefficient (Wildman–Crippen LogP) is 8.43. The fourth-order valence-corrected chi connectivity index (χ4v) is 8.84. The van der Waals surface area contributed by atoms with Gasteiger partial charge in [-0.3, -0.25) is 9.59 Å². The molecule has 2 aliphatic rings. The summed E-state index contributed by atoms with van der Waals surface area (Å²) in [4.78, 5) is 70.7. The number of likely N-dealkylation sites (tertiary alicyclic amines) is 2. The van der Waals surface area contributed by atoms with E-state index in [0.29, 0.717) is 42.0 Å². The Bertz CT molecular complexity index is 2390. The highest BCUT2D eigenvalue weighted by Crippen LogP contribution is 2.39. The number of carbonyl (C=O) groups is 4. The van der Waals surface area contributed by atoms with E-state index in [0.717, 1.165) is 45.1 Å². The molecule has 316 valence electrons. The zero-order valence-electron chi connectivity index (χ0n) is 35.0. The summed E-state index contributed by atoms with van der Waals surface area (Å²) in [7, 11) is 1.28. The van der Waals surface area contributed by atoms with Crippen molar-refractivity contribution < 1.29 is 29.0 Å². The molecule has 4 amide bonds. The molecule has 60 heavy (non-hydrogen) atoms. The molecular formula is C45H53ClN8O6. The summed E-state index contributed by atoms with van der Waals surface area (Å²) < 4.78 is 4.78. The number of benzene rings is 3. The molecular weight excluding hydrogens is 784 g/mol. The Morgan fingerprint density at radius 1 is 0.750 bits per heavy atom. The maximum atomic E-state index is 13.8. The number of nitrogens with one attached hydrogen (secondary N) is 4. The molecule has 6 atom stereocenters. The lowest BCUT2D eigenvalue weighted by molar-refractivity contribution is -0.136. The predicted molar refractivity (Wildman–Crippen MR) is 230 cm³/mol. The molecule has 0 spiro atoms. The van der Waals surface area contributed by atoms with E-state index >= 15 is 0 Å². The summed E-state index contributed by atoms with van der Waals surface area (Å²) in [6.45, 7) is 12.7. The zero-order chi connectivity index (χ0) is 43.0. The fraction of sp³-hybridized carbons (Fsp3) is 0.422. The van der Waals surface area contributed by atoms with E-state index in [1.165, 1.54) is 7.11 Å². The molecule has 5 N–H and O–H groups in total. The van der Waals surface area contributed by atoms with Crippen molar-refractivity contribution in [3.05, 3.63) is 83.7 Å². The quantitative estimate of drug-likeness (QED) is 0.0878. The van der Waals surface area contributed by atoms with Gasteiger partial charge in [0.15, 0.2) is 5.15 Å². The van der Waals surface area contributed by atoms with Gasteiger partial charge in [-0.1, -0.05) is 102 Å². The van der Waals surface area contributed by atoms with Crippen LogP contribution in [0.5, 0.6) is 0 Å². The molecule has 0 saturated carbocycles. The number of aromatic nitrogens is 4. The van der Waals surface area contributed by atoms with Crippen LogP contribution in [-0.4, -0.2) is 91.1 Å². The Morgan fingerprint density at radius 2 is 1.27 bits per heavy atom. The molecule has 5 aromatic rings. The van der Waals surface area contributed by atoms with E-state index in [9.17, 15) is 24.3 Å².